The van der Waals surface area contributed by atoms with Gasteiger partial charge in [-0.05, 0) is 64.1 Å². The van der Waals surface area contributed by atoms with E-state index in [1.165, 1.54) is 19.4 Å². The first kappa shape index (κ1) is 32.3. The Balaban J connectivity index is 0.000000276. The first-order valence-electron chi connectivity index (χ1n) is 13.2. The minimum absolute atomic E-state index is 0.0766. The maximum Gasteiger partial charge on any atom is 0.490 e. The van der Waals surface area contributed by atoms with E-state index >= 15 is 0 Å². The molecule has 0 radical (unpaired) electrons. The second-order valence-corrected chi connectivity index (χ2v) is 10.8. The molecule has 41 heavy (non-hydrogen) atoms. The largest absolute Gasteiger partial charge is 0.490 e. The lowest BCUT2D eigenvalue weighted by atomic mass is 9.60. The third kappa shape index (κ3) is 7.57. The minimum atomic E-state index is -5.08. The zero-order valence-corrected chi connectivity index (χ0v) is 22.4. The molecule has 1 unspecified atom stereocenters. The number of amides is 1. The van der Waals surface area contributed by atoms with Crippen molar-refractivity contribution in [3.63, 3.8) is 0 Å². The number of alkyl halides is 6. The maximum absolute atomic E-state index is 13.5. The Morgan fingerprint density at radius 1 is 0.927 bits per heavy atom. The molecule has 1 amide bonds. The van der Waals surface area contributed by atoms with Gasteiger partial charge in [-0.3, -0.25) is 4.79 Å². The summed E-state index contributed by atoms with van der Waals surface area (Å²) in [6.07, 6.45) is -0.465. The van der Waals surface area contributed by atoms with Crippen molar-refractivity contribution >= 4 is 23.8 Å². The predicted octanol–water partition coefficient (Wildman–Crippen LogP) is 3.29. The summed E-state index contributed by atoms with van der Waals surface area (Å²) < 4.78 is 63.5. The van der Waals surface area contributed by atoms with Gasteiger partial charge in [0.1, 0.15) is 0 Å². The van der Waals surface area contributed by atoms with Crippen LogP contribution in [0.3, 0.4) is 0 Å². The number of aromatic nitrogens is 2. The van der Waals surface area contributed by atoms with E-state index in [4.69, 9.17) is 19.8 Å². The highest BCUT2D eigenvalue weighted by atomic mass is 19.4. The number of piperidine rings is 1. The molecule has 1 aromatic heterocycles. The summed E-state index contributed by atoms with van der Waals surface area (Å²) >= 11 is 0. The molecule has 3 aliphatic heterocycles. The molecule has 2 spiro atoms. The number of nitrogens with zero attached hydrogens (tertiary/aromatic N) is 5. The van der Waals surface area contributed by atoms with Crippen LogP contribution in [-0.4, -0.2) is 106 Å². The summed E-state index contributed by atoms with van der Waals surface area (Å²) in [5, 5.41) is 14.2. The van der Waals surface area contributed by atoms with Crippen molar-refractivity contribution in [2.24, 2.45) is 16.7 Å². The van der Waals surface area contributed by atoms with E-state index in [2.05, 4.69) is 31.6 Å². The number of halogens is 6. The third-order valence-electron chi connectivity index (χ3n) is 8.20. The van der Waals surface area contributed by atoms with Gasteiger partial charge in [0.2, 0.25) is 11.9 Å². The number of carbonyl (C=O) groups excluding carboxylic acids is 1. The van der Waals surface area contributed by atoms with Crippen LogP contribution >= 0.6 is 0 Å². The lowest BCUT2D eigenvalue weighted by Gasteiger charge is -2.46. The molecular formula is C25H33F6N5O5. The molecule has 1 saturated carbocycles. The van der Waals surface area contributed by atoms with Crippen LogP contribution < -0.4 is 4.90 Å². The zero-order valence-electron chi connectivity index (χ0n) is 22.4. The summed E-state index contributed by atoms with van der Waals surface area (Å²) in [6, 6.07) is 1.86. The molecule has 1 atom stereocenters. The minimum Gasteiger partial charge on any atom is -0.475 e. The molecule has 1 aromatic rings. The van der Waals surface area contributed by atoms with Gasteiger partial charge in [0.25, 0.3) is 0 Å². The highest BCUT2D eigenvalue weighted by Crippen LogP contribution is 2.58. The maximum atomic E-state index is 13.5. The number of carboxylic acid groups (broad SMARTS) is 2. The molecule has 230 valence electrons. The molecule has 3 saturated heterocycles. The molecule has 0 aromatic carbocycles. The van der Waals surface area contributed by atoms with Gasteiger partial charge in [-0.2, -0.15) is 26.3 Å². The van der Waals surface area contributed by atoms with E-state index in [-0.39, 0.29) is 10.8 Å². The Labute approximate surface area is 232 Å². The number of anilines is 1. The van der Waals surface area contributed by atoms with E-state index in [1.807, 2.05) is 18.5 Å². The van der Waals surface area contributed by atoms with E-state index in [0.717, 1.165) is 70.4 Å². The number of hydrogen-bond donors (Lipinski definition) is 2. The lowest BCUT2D eigenvalue weighted by molar-refractivity contribution is -0.193. The van der Waals surface area contributed by atoms with E-state index in [9.17, 15) is 31.1 Å². The number of likely N-dealkylation sites (tertiary alicyclic amines) is 2. The first-order chi connectivity index (χ1) is 19.0. The van der Waals surface area contributed by atoms with E-state index in [0.29, 0.717) is 5.91 Å². The standard InChI is InChI=1S/C21H31N5O.2C2HF3O2/c1-2-25-13-8-21(18(25)27)16-26(19-22-9-3-10-23-19)15-20(21)6-11-24(12-7-20)14-17-4-5-17;2*3-2(4,5)1(6)7/h3,9-10,17H,2,4-8,11-16H2,1H3;2*(H,6,7). The van der Waals surface area contributed by atoms with Crippen molar-refractivity contribution in [3.8, 4) is 0 Å². The van der Waals surface area contributed by atoms with Gasteiger partial charge in [0, 0.05) is 50.5 Å². The molecule has 5 rings (SSSR count). The van der Waals surface area contributed by atoms with Crippen molar-refractivity contribution in [1.29, 1.82) is 0 Å². The van der Waals surface area contributed by atoms with Crippen LogP contribution in [0.4, 0.5) is 32.3 Å². The highest BCUT2D eigenvalue weighted by molar-refractivity contribution is 5.87. The van der Waals surface area contributed by atoms with Crippen molar-refractivity contribution < 1.29 is 50.9 Å². The smallest absolute Gasteiger partial charge is 0.475 e. The second-order valence-electron chi connectivity index (χ2n) is 10.8. The van der Waals surface area contributed by atoms with Crippen LogP contribution in [0.2, 0.25) is 0 Å². The normalized spacial score (nSPS) is 24.1. The van der Waals surface area contributed by atoms with Crippen LogP contribution in [-0.2, 0) is 14.4 Å². The summed E-state index contributed by atoms with van der Waals surface area (Å²) in [6.45, 7) is 9.10. The van der Waals surface area contributed by atoms with Gasteiger partial charge in [-0.1, -0.05) is 0 Å². The Morgan fingerprint density at radius 2 is 1.44 bits per heavy atom. The van der Waals surface area contributed by atoms with Crippen molar-refractivity contribution in [3.05, 3.63) is 18.5 Å². The van der Waals surface area contributed by atoms with Crippen molar-refractivity contribution in [2.45, 2.75) is 51.4 Å². The van der Waals surface area contributed by atoms with Gasteiger partial charge in [0.15, 0.2) is 0 Å². The number of aliphatic carboxylic acids is 2. The quantitative estimate of drug-likeness (QED) is 0.503. The predicted molar refractivity (Wildman–Crippen MR) is 132 cm³/mol. The van der Waals surface area contributed by atoms with Gasteiger partial charge in [-0.15, -0.1) is 0 Å². The number of rotatable bonds is 4. The summed E-state index contributed by atoms with van der Waals surface area (Å²) in [5.74, 6) is -3.40. The summed E-state index contributed by atoms with van der Waals surface area (Å²) in [5.41, 5.74) is -0.166. The molecule has 0 bridgehead atoms. The van der Waals surface area contributed by atoms with E-state index in [1.54, 1.807) is 0 Å². The number of fused-ring (bicyclic) bond motifs is 1. The molecule has 10 nitrogen and oxygen atoms in total. The average Bonchev–Trinajstić information content (AvgIpc) is 3.59. The third-order valence-corrected chi connectivity index (χ3v) is 8.20. The Kier molecular flexibility index (Phi) is 9.76. The molecule has 4 aliphatic rings. The molecule has 16 heteroatoms. The van der Waals surface area contributed by atoms with Crippen molar-refractivity contribution in [1.82, 2.24) is 19.8 Å². The Bertz CT molecular complexity index is 1050. The van der Waals surface area contributed by atoms with Crippen LogP contribution in [0.25, 0.3) is 0 Å². The molecule has 4 fully saturated rings. The summed E-state index contributed by atoms with van der Waals surface area (Å²) in [7, 11) is 0. The fraction of sp³-hybridized carbons (Fsp3) is 0.720. The SMILES string of the molecule is CCN1CCC2(CN(c3ncccn3)CC23CCN(CC2CC2)CC3)C1=O.O=C(O)C(F)(F)F.O=C(O)C(F)(F)F. The molecule has 4 heterocycles. The fourth-order valence-electron chi connectivity index (χ4n) is 5.91. The number of carbonyl (C=O) groups is 3. The van der Waals surface area contributed by atoms with E-state index < -0.39 is 24.3 Å². The number of hydrogen-bond acceptors (Lipinski definition) is 7. The van der Waals surface area contributed by atoms with Gasteiger partial charge >= 0.3 is 24.3 Å². The molecule has 1 aliphatic carbocycles. The van der Waals surface area contributed by atoms with Crippen LogP contribution in [0.15, 0.2) is 18.5 Å². The Hall–Kier alpha value is -3.17. The Morgan fingerprint density at radius 3 is 1.85 bits per heavy atom. The zero-order chi connectivity index (χ0) is 30.6. The first-order valence-corrected chi connectivity index (χ1v) is 13.2. The van der Waals surface area contributed by atoms with Gasteiger partial charge in [0.05, 0.1) is 5.41 Å². The lowest BCUT2D eigenvalue weighted by Crippen LogP contribution is -2.53. The number of carboxylic acids is 2. The van der Waals surface area contributed by atoms with Gasteiger partial charge in [-0.25, -0.2) is 19.6 Å². The summed E-state index contributed by atoms with van der Waals surface area (Å²) in [4.78, 5) is 47.3. The monoisotopic (exact) mass is 597 g/mol. The average molecular weight is 598 g/mol. The van der Waals surface area contributed by atoms with Gasteiger partial charge < -0.3 is 24.9 Å². The van der Waals surface area contributed by atoms with Crippen LogP contribution in [0.1, 0.15) is 39.0 Å². The highest BCUT2D eigenvalue weighted by Gasteiger charge is 2.65. The van der Waals surface area contributed by atoms with Crippen LogP contribution in [0, 0.1) is 16.7 Å². The van der Waals surface area contributed by atoms with Crippen molar-refractivity contribution in [2.75, 3.05) is 50.7 Å². The van der Waals surface area contributed by atoms with Crippen LogP contribution in [0.5, 0.6) is 0 Å². The topological polar surface area (TPSA) is 127 Å². The second kappa shape index (κ2) is 12.4. The molecular weight excluding hydrogens is 564 g/mol. The fourth-order valence-corrected chi connectivity index (χ4v) is 5.91. The molecule has 2 N–H and O–H groups in total.